The second-order valence-electron chi connectivity index (χ2n) is 6.32. The van der Waals surface area contributed by atoms with E-state index in [4.69, 9.17) is 4.52 Å². The molecule has 26 heavy (non-hydrogen) atoms. The number of rotatable bonds is 4. The van der Waals surface area contributed by atoms with E-state index >= 15 is 0 Å². The summed E-state index contributed by atoms with van der Waals surface area (Å²) in [5.74, 6) is 0.507. The third-order valence-electron chi connectivity index (χ3n) is 4.07. The van der Waals surface area contributed by atoms with Crippen LogP contribution in [0.2, 0.25) is 0 Å². The van der Waals surface area contributed by atoms with Crippen molar-refractivity contribution in [2.24, 2.45) is 0 Å². The highest BCUT2D eigenvalue weighted by atomic mass is 16.5. The van der Waals surface area contributed by atoms with E-state index < -0.39 is 0 Å². The van der Waals surface area contributed by atoms with Crippen LogP contribution in [0.15, 0.2) is 22.7 Å². The van der Waals surface area contributed by atoms with Crippen LogP contribution in [-0.4, -0.2) is 53.5 Å². The molecule has 1 aliphatic rings. The van der Waals surface area contributed by atoms with Crippen molar-refractivity contribution in [1.29, 1.82) is 0 Å². The Bertz CT molecular complexity index is 784. The van der Waals surface area contributed by atoms with Gasteiger partial charge in [0.05, 0.1) is 6.04 Å². The maximum absolute atomic E-state index is 11.4. The summed E-state index contributed by atoms with van der Waals surface area (Å²) in [7, 11) is 2.02. The van der Waals surface area contributed by atoms with Gasteiger partial charge in [0.2, 0.25) is 11.8 Å². The second kappa shape index (κ2) is 7.63. The average molecular weight is 358 g/mol. The minimum Gasteiger partial charge on any atom is -0.334 e. The fourth-order valence-corrected chi connectivity index (χ4v) is 2.88. The van der Waals surface area contributed by atoms with Crippen molar-refractivity contribution >= 4 is 23.2 Å². The van der Waals surface area contributed by atoms with Crippen LogP contribution in [0.4, 0.5) is 11.4 Å². The van der Waals surface area contributed by atoms with Gasteiger partial charge in [0.15, 0.2) is 5.82 Å². The molecule has 0 aliphatic carbocycles. The molecule has 1 atom stereocenters. The molecule has 9 nitrogen and oxygen atoms in total. The van der Waals surface area contributed by atoms with Gasteiger partial charge in [0.25, 0.3) is 5.89 Å². The van der Waals surface area contributed by atoms with Crippen LogP contribution in [0.3, 0.4) is 0 Å². The van der Waals surface area contributed by atoms with Crippen molar-refractivity contribution in [3.63, 3.8) is 0 Å². The highest BCUT2D eigenvalue weighted by molar-refractivity contribution is 5.93. The summed E-state index contributed by atoms with van der Waals surface area (Å²) in [4.78, 5) is 29.4. The monoisotopic (exact) mass is 358 g/mol. The van der Waals surface area contributed by atoms with Gasteiger partial charge >= 0.3 is 0 Å². The Morgan fingerprint density at radius 3 is 2.42 bits per heavy atom. The van der Waals surface area contributed by atoms with E-state index in [0.29, 0.717) is 28.7 Å². The first-order chi connectivity index (χ1) is 12.4. The van der Waals surface area contributed by atoms with E-state index in [9.17, 15) is 9.59 Å². The number of anilines is 2. The zero-order valence-corrected chi connectivity index (χ0v) is 15.0. The van der Waals surface area contributed by atoms with E-state index in [0.717, 1.165) is 19.6 Å². The number of carbonyl (C=O) groups is 2. The maximum atomic E-state index is 11.4. The largest absolute Gasteiger partial charge is 0.334 e. The first-order valence-corrected chi connectivity index (χ1v) is 8.37. The summed E-state index contributed by atoms with van der Waals surface area (Å²) in [6.45, 7) is 5.41. The van der Waals surface area contributed by atoms with Crippen molar-refractivity contribution in [2.75, 3.05) is 37.3 Å². The van der Waals surface area contributed by atoms with Crippen molar-refractivity contribution in [3.05, 3.63) is 24.0 Å². The summed E-state index contributed by atoms with van der Waals surface area (Å²) in [5, 5.41) is 12.8. The lowest BCUT2D eigenvalue weighted by Gasteiger charge is -2.30. The van der Waals surface area contributed by atoms with E-state index in [1.54, 1.807) is 18.2 Å². The van der Waals surface area contributed by atoms with Gasteiger partial charge in [-0.25, -0.2) is 0 Å². The molecule has 0 bridgehead atoms. The molecule has 0 spiro atoms. The van der Waals surface area contributed by atoms with Crippen molar-refractivity contribution in [2.45, 2.75) is 19.9 Å². The number of nitrogens with one attached hydrogen (secondary N) is 3. The second-order valence-corrected chi connectivity index (χ2v) is 6.32. The van der Waals surface area contributed by atoms with Crippen LogP contribution in [0.25, 0.3) is 11.5 Å². The Morgan fingerprint density at radius 2 is 1.85 bits per heavy atom. The molecule has 1 aromatic heterocycles. The molecule has 1 saturated heterocycles. The fraction of sp³-hybridized carbons (Fsp3) is 0.412. The average Bonchev–Trinajstić information content (AvgIpc) is 3.03. The SMILES string of the molecule is CC(=O)Nc1cc(NC(C)=O)cc(-c2nc(C3CNCCN3C)no2)c1. The van der Waals surface area contributed by atoms with Gasteiger partial charge in [0, 0.05) is 50.4 Å². The van der Waals surface area contributed by atoms with Crippen LogP contribution < -0.4 is 16.0 Å². The molecule has 0 saturated carbocycles. The quantitative estimate of drug-likeness (QED) is 0.753. The molecule has 2 aromatic rings. The summed E-state index contributed by atoms with van der Waals surface area (Å²) >= 11 is 0. The smallest absolute Gasteiger partial charge is 0.258 e. The molecular formula is C17H22N6O3. The molecule has 3 rings (SSSR count). The zero-order chi connectivity index (χ0) is 18.7. The number of aromatic nitrogens is 2. The zero-order valence-electron chi connectivity index (χ0n) is 15.0. The third kappa shape index (κ3) is 4.24. The molecule has 1 aliphatic heterocycles. The van der Waals surface area contributed by atoms with Gasteiger partial charge in [-0.3, -0.25) is 14.5 Å². The Hall–Kier alpha value is -2.78. The van der Waals surface area contributed by atoms with Gasteiger partial charge < -0.3 is 20.5 Å². The number of carbonyl (C=O) groups excluding carboxylic acids is 2. The summed E-state index contributed by atoms with van der Waals surface area (Å²) in [6.07, 6.45) is 0. The molecule has 2 amide bonds. The Labute approximate surface area is 151 Å². The number of benzene rings is 1. The first-order valence-electron chi connectivity index (χ1n) is 8.37. The van der Waals surface area contributed by atoms with Gasteiger partial charge in [-0.05, 0) is 25.2 Å². The standard InChI is InChI=1S/C17H22N6O3/c1-10(24)19-13-6-12(7-14(8-13)20-11(2)25)17-21-16(22-26-17)15-9-18-4-5-23(15)3/h6-8,15,18H,4-5,9H2,1-3H3,(H,19,24)(H,20,25). The highest BCUT2D eigenvalue weighted by Crippen LogP contribution is 2.28. The Kier molecular flexibility index (Phi) is 5.29. The van der Waals surface area contributed by atoms with Crippen molar-refractivity contribution < 1.29 is 14.1 Å². The Balaban J connectivity index is 1.92. The first kappa shape index (κ1) is 18.0. The molecular weight excluding hydrogens is 336 g/mol. The normalized spacial score (nSPS) is 17.7. The molecule has 3 N–H and O–H groups in total. The van der Waals surface area contributed by atoms with Crippen molar-refractivity contribution in [1.82, 2.24) is 20.4 Å². The predicted molar refractivity (Wildman–Crippen MR) is 96.6 cm³/mol. The molecule has 1 fully saturated rings. The summed E-state index contributed by atoms with van der Waals surface area (Å²) < 4.78 is 5.43. The lowest BCUT2D eigenvalue weighted by molar-refractivity contribution is -0.115. The van der Waals surface area contributed by atoms with Crippen LogP contribution >= 0.6 is 0 Å². The molecule has 0 radical (unpaired) electrons. The minimum absolute atomic E-state index is 0.0367. The summed E-state index contributed by atoms with van der Waals surface area (Å²) in [6, 6.07) is 5.16. The lowest BCUT2D eigenvalue weighted by Crippen LogP contribution is -2.44. The molecule has 1 aromatic carbocycles. The van der Waals surface area contributed by atoms with Crippen LogP contribution in [0.5, 0.6) is 0 Å². The van der Waals surface area contributed by atoms with Crippen LogP contribution in [-0.2, 0) is 9.59 Å². The van der Waals surface area contributed by atoms with Gasteiger partial charge in [-0.15, -0.1) is 0 Å². The molecule has 1 unspecified atom stereocenters. The molecule has 2 heterocycles. The number of nitrogens with zero attached hydrogens (tertiary/aromatic N) is 3. The van der Waals surface area contributed by atoms with Gasteiger partial charge in [0.1, 0.15) is 0 Å². The highest BCUT2D eigenvalue weighted by Gasteiger charge is 2.25. The van der Waals surface area contributed by atoms with E-state index in [1.165, 1.54) is 13.8 Å². The number of piperazine rings is 1. The van der Waals surface area contributed by atoms with E-state index in [1.807, 2.05) is 7.05 Å². The number of amides is 2. The number of hydrogen-bond donors (Lipinski definition) is 3. The topological polar surface area (TPSA) is 112 Å². The maximum Gasteiger partial charge on any atom is 0.258 e. The third-order valence-corrected chi connectivity index (χ3v) is 4.07. The summed E-state index contributed by atoms with van der Waals surface area (Å²) in [5.41, 5.74) is 1.69. The van der Waals surface area contributed by atoms with Gasteiger partial charge in [-0.2, -0.15) is 4.98 Å². The molecule has 138 valence electrons. The predicted octanol–water partition coefficient (Wildman–Crippen LogP) is 1.23. The number of hydrogen-bond acceptors (Lipinski definition) is 7. The van der Waals surface area contributed by atoms with Crippen molar-refractivity contribution in [3.8, 4) is 11.5 Å². The van der Waals surface area contributed by atoms with Crippen LogP contribution in [0, 0.1) is 0 Å². The molecule has 9 heteroatoms. The lowest BCUT2D eigenvalue weighted by atomic mass is 10.1. The number of likely N-dealkylation sites (N-methyl/N-ethyl adjacent to an activating group) is 1. The van der Waals surface area contributed by atoms with E-state index in [-0.39, 0.29) is 17.9 Å². The van der Waals surface area contributed by atoms with Crippen LogP contribution in [0.1, 0.15) is 25.7 Å². The fourth-order valence-electron chi connectivity index (χ4n) is 2.88. The van der Waals surface area contributed by atoms with Gasteiger partial charge in [-0.1, -0.05) is 5.16 Å². The minimum atomic E-state index is -0.211. The Morgan fingerprint density at radius 1 is 1.19 bits per heavy atom. The van der Waals surface area contributed by atoms with E-state index in [2.05, 4.69) is 31.0 Å².